The predicted molar refractivity (Wildman–Crippen MR) is 133 cm³/mol. The van der Waals surface area contributed by atoms with E-state index < -0.39 is 5.97 Å². The average molecular weight is 489 g/mol. The third kappa shape index (κ3) is 5.14. The summed E-state index contributed by atoms with van der Waals surface area (Å²) in [5.41, 5.74) is 0.912. The van der Waals surface area contributed by atoms with Crippen LogP contribution in [-0.2, 0) is 16.6 Å². The van der Waals surface area contributed by atoms with Crippen molar-refractivity contribution in [2.75, 3.05) is 24.5 Å². The number of carboxylic acid groups (broad SMARTS) is 1. The Balaban J connectivity index is 2.08. The minimum Gasteiger partial charge on any atom is -0.481 e. The lowest BCUT2D eigenvalue weighted by Crippen LogP contribution is -2.42. The Bertz CT molecular complexity index is 1120. The maximum atomic E-state index is 13.1. The molecular formula is C23H28N4O4S2. The van der Waals surface area contributed by atoms with Gasteiger partial charge in [-0.05, 0) is 43.2 Å². The normalized spacial score (nSPS) is 22.2. The fourth-order valence-corrected chi connectivity index (χ4v) is 5.93. The fourth-order valence-electron chi connectivity index (χ4n) is 4.64. The number of amides is 1. The number of pyridine rings is 1. The molecule has 3 heterocycles. The van der Waals surface area contributed by atoms with Crippen molar-refractivity contribution in [3.05, 3.63) is 31.9 Å². The van der Waals surface area contributed by atoms with Gasteiger partial charge in [0.05, 0.1) is 4.91 Å². The molecule has 2 saturated heterocycles. The summed E-state index contributed by atoms with van der Waals surface area (Å²) in [5, 5.41) is 18.5. The number of hydrogen-bond acceptors (Lipinski definition) is 7. The third-order valence-corrected chi connectivity index (χ3v) is 7.44. The standard InChI is InChI=1S/C23H28N4O4S2/c1-13-8-14(2)12-26(11-13)20-16(15(3)17(10-24)21(30)25(20)4)9-18-22(31)27(23(32)33-18)7-5-6-19(28)29/h9,13-14H,5-8,11-12H2,1-4H3,(H,28,29)/b18-9+. The fraction of sp³-hybridized carbons (Fsp3) is 0.522. The molecule has 1 aromatic heterocycles. The van der Waals surface area contributed by atoms with Gasteiger partial charge >= 0.3 is 5.97 Å². The molecule has 0 bridgehead atoms. The lowest BCUT2D eigenvalue weighted by molar-refractivity contribution is -0.137. The van der Waals surface area contributed by atoms with E-state index in [0.29, 0.717) is 44.4 Å². The second-order valence-corrected chi connectivity index (χ2v) is 10.6. The Morgan fingerprint density at radius 1 is 1.30 bits per heavy atom. The van der Waals surface area contributed by atoms with Crippen molar-refractivity contribution in [2.24, 2.45) is 18.9 Å². The molecule has 2 unspecified atom stereocenters. The Morgan fingerprint density at radius 3 is 2.52 bits per heavy atom. The van der Waals surface area contributed by atoms with Gasteiger partial charge in [-0.25, -0.2) is 0 Å². The molecule has 0 aromatic carbocycles. The topological polar surface area (TPSA) is 107 Å². The molecule has 1 aromatic rings. The number of nitriles is 1. The first kappa shape index (κ1) is 25.0. The van der Waals surface area contributed by atoms with Crippen LogP contribution in [0.3, 0.4) is 0 Å². The zero-order valence-corrected chi connectivity index (χ0v) is 20.9. The number of rotatable bonds is 6. The molecule has 1 N–H and O–H groups in total. The molecule has 10 heteroatoms. The van der Waals surface area contributed by atoms with E-state index in [0.717, 1.165) is 31.3 Å². The zero-order chi connectivity index (χ0) is 24.4. The molecule has 33 heavy (non-hydrogen) atoms. The van der Waals surface area contributed by atoms with Gasteiger partial charge in [0.15, 0.2) is 0 Å². The van der Waals surface area contributed by atoms with Gasteiger partial charge in [0.25, 0.3) is 11.5 Å². The minimum atomic E-state index is -0.921. The smallest absolute Gasteiger partial charge is 0.303 e. The van der Waals surface area contributed by atoms with E-state index in [2.05, 4.69) is 18.7 Å². The summed E-state index contributed by atoms with van der Waals surface area (Å²) in [5.74, 6) is 0.384. The molecule has 2 fully saturated rings. The maximum Gasteiger partial charge on any atom is 0.303 e. The molecule has 2 aliphatic rings. The van der Waals surface area contributed by atoms with Crippen LogP contribution in [0.25, 0.3) is 6.08 Å². The van der Waals surface area contributed by atoms with Crippen molar-refractivity contribution in [3.63, 3.8) is 0 Å². The van der Waals surface area contributed by atoms with Gasteiger partial charge in [-0.3, -0.25) is 23.9 Å². The number of hydrogen-bond donors (Lipinski definition) is 1. The highest BCUT2D eigenvalue weighted by Crippen LogP contribution is 2.37. The van der Waals surface area contributed by atoms with Gasteiger partial charge in [0.2, 0.25) is 0 Å². The van der Waals surface area contributed by atoms with Gasteiger partial charge < -0.3 is 10.0 Å². The Morgan fingerprint density at radius 2 is 1.94 bits per heavy atom. The number of carboxylic acids is 1. The number of aliphatic carboxylic acids is 1. The van der Waals surface area contributed by atoms with Gasteiger partial charge in [-0.2, -0.15) is 5.26 Å². The minimum absolute atomic E-state index is 0.0446. The van der Waals surface area contributed by atoms with E-state index in [9.17, 15) is 19.6 Å². The molecule has 3 rings (SSSR count). The third-order valence-electron chi connectivity index (χ3n) is 6.06. The number of piperidine rings is 1. The van der Waals surface area contributed by atoms with Crippen LogP contribution >= 0.6 is 24.0 Å². The molecule has 0 radical (unpaired) electrons. The van der Waals surface area contributed by atoms with Crippen molar-refractivity contribution >= 4 is 52.1 Å². The highest BCUT2D eigenvalue weighted by molar-refractivity contribution is 8.26. The number of thioether (sulfide) groups is 1. The first-order valence-electron chi connectivity index (χ1n) is 10.9. The largest absolute Gasteiger partial charge is 0.481 e. The van der Waals surface area contributed by atoms with Crippen LogP contribution in [0.2, 0.25) is 0 Å². The van der Waals surface area contributed by atoms with E-state index in [1.54, 1.807) is 20.0 Å². The maximum absolute atomic E-state index is 13.1. The molecule has 0 saturated carbocycles. The number of carbonyl (C=O) groups is 2. The number of carbonyl (C=O) groups excluding carboxylic acids is 1. The Kier molecular flexibility index (Phi) is 7.65. The molecule has 8 nitrogen and oxygen atoms in total. The van der Waals surface area contributed by atoms with Crippen LogP contribution in [0.15, 0.2) is 9.70 Å². The number of aromatic nitrogens is 1. The van der Waals surface area contributed by atoms with E-state index in [1.165, 1.54) is 9.47 Å². The molecule has 0 spiro atoms. The molecule has 2 aliphatic heterocycles. The van der Waals surface area contributed by atoms with Crippen molar-refractivity contribution in [3.8, 4) is 6.07 Å². The first-order valence-corrected chi connectivity index (χ1v) is 12.1. The Labute approximate surface area is 202 Å². The lowest BCUT2D eigenvalue weighted by Gasteiger charge is -2.38. The van der Waals surface area contributed by atoms with Crippen LogP contribution in [0.1, 0.15) is 49.8 Å². The van der Waals surface area contributed by atoms with Gasteiger partial charge in [0, 0.05) is 38.7 Å². The van der Waals surface area contributed by atoms with E-state index in [-0.39, 0.29) is 30.0 Å². The zero-order valence-electron chi connectivity index (χ0n) is 19.3. The van der Waals surface area contributed by atoms with E-state index in [1.807, 2.05) is 6.07 Å². The summed E-state index contributed by atoms with van der Waals surface area (Å²) in [7, 11) is 1.66. The van der Waals surface area contributed by atoms with Crippen molar-refractivity contribution < 1.29 is 14.7 Å². The summed E-state index contributed by atoms with van der Waals surface area (Å²) in [4.78, 5) is 40.8. The number of thiocarbonyl (C=S) groups is 1. The average Bonchev–Trinajstić information content (AvgIpc) is 2.99. The molecule has 1 amide bonds. The van der Waals surface area contributed by atoms with Crippen LogP contribution in [0.4, 0.5) is 5.82 Å². The van der Waals surface area contributed by atoms with Gasteiger partial charge in [-0.1, -0.05) is 37.8 Å². The Hall–Kier alpha value is -2.64. The quantitative estimate of drug-likeness (QED) is 0.481. The van der Waals surface area contributed by atoms with Gasteiger partial charge in [0.1, 0.15) is 21.8 Å². The van der Waals surface area contributed by atoms with E-state index >= 15 is 0 Å². The molecular weight excluding hydrogens is 460 g/mol. The summed E-state index contributed by atoms with van der Waals surface area (Å²) in [6.07, 6.45) is 3.09. The van der Waals surface area contributed by atoms with Crippen LogP contribution in [0, 0.1) is 30.1 Å². The molecule has 2 atom stereocenters. The highest BCUT2D eigenvalue weighted by atomic mass is 32.2. The molecule has 0 aliphatic carbocycles. The van der Waals surface area contributed by atoms with Gasteiger partial charge in [-0.15, -0.1) is 0 Å². The summed E-state index contributed by atoms with van der Waals surface area (Å²) in [6.45, 7) is 7.88. The summed E-state index contributed by atoms with van der Waals surface area (Å²) in [6, 6.07) is 2.02. The number of nitrogens with zero attached hydrogens (tertiary/aromatic N) is 4. The van der Waals surface area contributed by atoms with E-state index in [4.69, 9.17) is 17.3 Å². The monoisotopic (exact) mass is 488 g/mol. The van der Waals surface area contributed by atoms with Crippen LogP contribution in [-0.4, -0.2) is 50.4 Å². The van der Waals surface area contributed by atoms with Crippen LogP contribution < -0.4 is 10.5 Å². The summed E-state index contributed by atoms with van der Waals surface area (Å²) >= 11 is 6.53. The number of anilines is 1. The summed E-state index contributed by atoms with van der Waals surface area (Å²) < 4.78 is 1.89. The lowest BCUT2D eigenvalue weighted by atomic mass is 9.91. The second kappa shape index (κ2) is 10.1. The second-order valence-electron chi connectivity index (χ2n) is 8.89. The van der Waals surface area contributed by atoms with Crippen molar-refractivity contribution in [1.29, 1.82) is 5.26 Å². The predicted octanol–water partition coefficient (Wildman–Crippen LogP) is 3.11. The van der Waals surface area contributed by atoms with Crippen LogP contribution in [0.5, 0.6) is 0 Å². The SMILES string of the molecule is Cc1c(/C=C2/SC(=S)N(CCCC(=O)O)C2=O)c(N2CC(C)CC(C)C2)n(C)c(=O)c1C#N. The van der Waals surface area contributed by atoms with Crippen molar-refractivity contribution in [2.45, 2.75) is 40.0 Å². The highest BCUT2D eigenvalue weighted by Gasteiger charge is 2.33. The van der Waals surface area contributed by atoms with Crippen molar-refractivity contribution in [1.82, 2.24) is 9.47 Å². The molecule has 176 valence electrons. The first-order chi connectivity index (χ1) is 15.5.